The number of nitrogens with one attached hydrogen (secondary N) is 1. The molecule has 1 N–H and O–H groups in total. The second kappa shape index (κ2) is 6.71. The molecule has 96 valence electrons. The second-order valence-electron chi connectivity index (χ2n) is 4.07. The van der Waals surface area contributed by atoms with Gasteiger partial charge in [0, 0.05) is 31.4 Å². The molecule has 4 heteroatoms. The van der Waals surface area contributed by atoms with E-state index in [9.17, 15) is 0 Å². The summed E-state index contributed by atoms with van der Waals surface area (Å²) in [5.74, 6) is 0. The highest BCUT2D eigenvalue weighted by Crippen LogP contribution is 2.35. The fraction of sp³-hybridized carbons (Fsp3) is 0.286. The van der Waals surface area contributed by atoms with Crippen molar-refractivity contribution in [3.63, 3.8) is 0 Å². The topological polar surface area (TPSA) is 12.0 Å². The van der Waals surface area contributed by atoms with Gasteiger partial charge in [-0.05, 0) is 43.3 Å². The first-order valence-corrected chi connectivity index (χ1v) is 7.94. The van der Waals surface area contributed by atoms with Crippen LogP contribution < -0.4 is 5.32 Å². The Hall–Kier alpha value is -0.350. The van der Waals surface area contributed by atoms with Gasteiger partial charge in [0.05, 0.1) is 0 Å². The van der Waals surface area contributed by atoms with Crippen molar-refractivity contribution < 1.29 is 0 Å². The molecule has 0 aliphatic carbocycles. The van der Waals surface area contributed by atoms with E-state index in [1.165, 1.54) is 9.75 Å². The van der Waals surface area contributed by atoms with Crippen LogP contribution in [0, 0.1) is 0 Å². The van der Waals surface area contributed by atoms with Crippen LogP contribution in [-0.4, -0.2) is 6.54 Å². The molecule has 0 saturated heterocycles. The van der Waals surface area contributed by atoms with E-state index in [0.29, 0.717) is 0 Å². The lowest BCUT2D eigenvalue weighted by Gasteiger charge is -2.02. The zero-order chi connectivity index (χ0) is 13.0. The minimum absolute atomic E-state index is 0.771. The lowest BCUT2D eigenvalue weighted by atomic mass is 10.2. The van der Waals surface area contributed by atoms with Crippen LogP contribution in [0.25, 0.3) is 10.4 Å². The molecule has 0 bridgehead atoms. The molecule has 1 aromatic heterocycles. The quantitative estimate of drug-likeness (QED) is 0.723. The van der Waals surface area contributed by atoms with Gasteiger partial charge < -0.3 is 5.32 Å². The Morgan fingerprint density at radius 1 is 1.28 bits per heavy atom. The van der Waals surface area contributed by atoms with Crippen LogP contribution in [0.4, 0.5) is 0 Å². The SMILES string of the molecule is CCCNCc1ccc(-c2cc(Cl)ccc2Br)s1. The van der Waals surface area contributed by atoms with Gasteiger partial charge >= 0.3 is 0 Å². The molecule has 0 aliphatic heterocycles. The Balaban J connectivity index is 2.16. The number of rotatable bonds is 5. The third-order valence-corrected chi connectivity index (χ3v) is 4.63. The summed E-state index contributed by atoms with van der Waals surface area (Å²) in [5.41, 5.74) is 1.16. The molecule has 18 heavy (non-hydrogen) atoms. The maximum Gasteiger partial charge on any atom is 0.0413 e. The molecule has 0 spiro atoms. The fourth-order valence-corrected chi connectivity index (χ4v) is 3.46. The number of hydrogen-bond donors (Lipinski definition) is 1. The molecule has 1 heterocycles. The smallest absolute Gasteiger partial charge is 0.0413 e. The summed E-state index contributed by atoms with van der Waals surface area (Å²) in [7, 11) is 0. The van der Waals surface area contributed by atoms with Crippen LogP contribution in [0.15, 0.2) is 34.8 Å². The van der Waals surface area contributed by atoms with Gasteiger partial charge in [0.25, 0.3) is 0 Å². The van der Waals surface area contributed by atoms with Gasteiger partial charge in [0.2, 0.25) is 0 Å². The Morgan fingerprint density at radius 2 is 2.11 bits per heavy atom. The molecule has 1 nitrogen and oxygen atoms in total. The predicted octanol–water partition coefficient (Wildman–Crippen LogP) is 5.33. The number of benzene rings is 1. The van der Waals surface area contributed by atoms with Crippen molar-refractivity contribution in [3.05, 3.63) is 44.7 Å². The highest BCUT2D eigenvalue weighted by Gasteiger charge is 2.07. The van der Waals surface area contributed by atoms with Crippen molar-refractivity contribution in [2.75, 3.05) is 6.54 Å². The van der Waals surface area contributed by atoms with Crippen LogP contribution >= 0.6 is 38.9 Å². The molecule has 0 atom stereocenters. The van der Waals surface area contributed by atoms with Crippen molar-refractivity contribution in [3.8, 4) is 10.4 Å². The van der Waals surface area contributed by atoms with E-state index in [2.05, 4.69) is 40.3 Å². The normalized spacial score (nSPS) is 10.8. The van der Waals surface area contributed by atoms with Crippen LogP contribution in [0.2, 0.25) is 5.02 Å². The van der Waals surface area contributed by atoms with Gasteiger partial charge in [-0.15, -0.1) is 11.3 Å². The van der Waals surface area contributed by atoms with Crippen molar-refractivity contribution in [2.24, 2.45) is 0 Å². The predicted molar refractivity (Wildman–Crippen MR) is 84.5 cm³/mol. The van der Waals surface area contributed by atoms with Crippen molar-refractivity contribution >= 4 is 38.9 Å². The van der Waals surface area contributed by atoms with Gasteiger partial charge in [-0.25, -0.2) is 0 Å². The standard InChI is InChI=1S/C14H15BrClNS/c1-2-7-17-9-11-4-6-14(18-11)12-8-10(16)3-5-13(12)15/h3-6,8,17H,2,7,9H2,1H3. The summed E-state index contributed by atoms with van der Waals surface area (Å²) in [6.45, 7) is 4.18. The molecule has 0 saturated carbocycles. The molecular formula is C14H15BrClNS. The monoisotopic (exact) mass is 343 g/mol. The molecular weight excluding hydrogens is 330 g/mol. The Kier molecular flexibility index (Phi) is 5.25. The first-order valence-electron chi connectivity index (χ1n) is 5.95. The molecule has 2 aromatic rings. The molecule has 0 aliphatic rings. The summed E-state index contributed by atoms with van der Waals surface area (Å²) in [5, 5.41) is 4.19. The zero-order valence-electron chi connectivity index (χ0n) is 10.2. The fourth-order valence-electron chi connectivity index (χ4n) is 1.69. The highest BCUT2D eigenvalue weighted by atomic mass is 79.9. The summed E-state index contributed by atoms with van der Waals surface area (Å²) in [6.07, 6.45) is 1.16. The maximum atomic E-state index is 6.05. The summed E-state index contributed by atoms with van der Waals surface area (Å²) in [6, 6.07) is 10.2. The van der Waals surface area contributed by atoms with E-state index in [-0.39, 0.29) is 0 Å². The highest BCUT2D eigenvalue weighted by molar-refractivity contribution is 9.10. The molecule has 0 radical (unpaired) electrons. The summed E-state index contributed by atoms with van der Waals surface area (Å²) in [4.78, 5) is 2.60. The molecule has 2 rings (SSSR count). The van der Waals surface area contributed by atoms with Gasteiger partial charge in [-0.2, -0.15) is 0 Å². The number of hydrogen-bond acceptors (Lipinski definition) is 2. The van der Waals surface area contributed by atoms with Crippen LogP contribution in [0.5, 0.6) is 0 Å². The maximum absolute atomic E-state index is 6.05. The van der Waals surface area contributed by atoms with Crippen molar-refractivity contribution in [1.82, 2.24) is 5.32 Å². The zero-order valence-corrected chi connectivity index (χ0v) is 13.3. The Morgan fingerprint density at radius 3 is 2.89 bits per heavy atom. The molecule has 0 unspecified atom stereocenters. The van der Waals surface area contributed by atoms with Crippen molar-refractivity contribution in [1.29, 1.82) is 0 Å². The number of halogens is 2. The van der Waals surface area contributed by atoms with Gasteiger partial charge in [0.15, 0.2) is 0 Å². The summed E-state index contributed by atoms with van der Waals surface area (Å²) < 4.78 is 1.09. The molecule has 0 amide bonds. The summed E-state index contributed by atoms with van der Waals surface area (Å²) >= 11 is 11.4. The van der Waals surface area contributed by atoms with E-state index < -0.39 is 0 Å². The largest absolute Gasteiger partial charge is 0.312 e. The van der Waals surface area contributed by atoms with E-state index >= 15 is 0 Å². The Labute approximate surface area is 125 Å². The van der Waals surface area contributed by atoms with E-state index in [1.807, 2.05) is 29.5 Å². The van der Waals surface area contributed by atoms with Gasteiger partial charge in [-0.1, -0.05) is 34.5 Å². The Bertz CT molecular complexity index is 524. The third-order valence-electron chi connectivity index (χ3n) is 2.58. The lowest BCUT2D eigenvalue weighted by Crippen LogP contribution is -2.12. The average Bonchev–Trinajstić information content (AvgIpc) is 2.81. The average molecular weight is 345 g/mol. The molecule has 0 fully saturated rings. The van der Waals surface area contributed by atoms with E-state index in [0.717, 1.165) is 34.6 Å². The first kappa shape index (κ1) is 14.1. The third kappa shape index (κ3) is 3.58. The minimum Gasteiger partial charge on any atom is -0.312 e. The van der Waals surface area contributed by atoms with Crippen LogP contribution in [0.1, 0.15) is 18.2 Å². The van der Waals surface area contributed by atoms with E-state index in [1.54, 1.807) is 0 Å². The minimum atomic E-state index is 0.771. The first-order chi connectivity index (χ1) is 8.70. The number of thiophene rings is 1. The van der Waals surface area contributed by atoms with Crippen LogP contribution in [-0.2, 0) is 6.54 Å². The van der Waals surface area contributed by atoms with Crippen molar-refractivity contribution in [2.45, 2.75) is 19.9 Å². The van der Waals surface area contributed by atoms with Crippen LogP contribution in [0.3, 0.4) is 0 Å². The molecule has 1 aromatic carbocycles. The van der Waals surface area contributed by atoms with Gasteiger partial charge in [-0.3, -0.25) is 0 Å². The lowest BCUT2D eigenvalue weighted by molar-refractivity contribution is 0.681. The van der Waals surface area contributed by atoms with Gasteiger partial charge in [0.1, 0.15) is 0 Å². The second-order valence-corrected chi connectivity index (χ2v) is 6.53. The van der Waals surface area contributed by atoms with E-state index in [4.69, 9.17) is 11.6 Å².